The Morgan fingerprint density at radius 2 is 1.82 bits per heavy atom. The molecule has 0 radical (unpaired) electrons. The molecule has 10 nitrogen and oxygen atoms in total. The summed E-state index contributed by atoms with van der Waals surface area (Å²) in [6.07, 6.45) is 5.11. The van der Waals surface area contributed by atoms with Gasteiger partial charge in [-0.15, -0.1) is 0 Å². The summed E-state index contributed by atoms with van der Waals surface area (Å²) in [7, 11) is 3.36. The molecule has 6 atom stereocenters. The minimum absolute atomic E-state index is 0. The van der Waals surface area contributed by atoms with E-state index in [4.69, 9.17) is 14.2 Å². The third-order valence-corrected chi connectivity index (χ3v) is 8.81. The highest BCUT2D eigenvalue weighted by Gasteiger charge is 2.71. The van der Waals surface area contributed by atoms with Gasteiger partial charge in [0.25, 0.3) is 0 Å². The number of anilines is 1. The van der Waals surface area contributed by atoms with Crippen LogP contribution in [0.4, 0.5) is 5.69 Å². The van der Waals surface area contributed by atoms with Gasteiger partial charge in [0.15, 0.2) is 11.5 Å². The molecule has 184 valence electrons. The second-order valence-electron chi connectivity index (χ2n) is 9.48. The van der Waals surface area contributed by atoms with E-state index in [1.54, 1.807) is 19.8 Å². The first kappa shape index (κ1) is 25.4. The standard InChI is InChI=1S/C23H26N2O4.4H2O/c1-27-16-8-14-15(9-17(16)28-2)25-20(26)10-18-21-13-7-19-23(14,22(21)25)4-5-24(19)11-12(13)3-6-29-18;;;;/h3,8-9,13,18-19,21-22H,4-7,10-11H2,1-2H3;4*1H2. The molecule has 33 heavy (non-hydrogen) atoms. The van der Waals surface area contributed by atoms with Crippen molar-refractivity contribution < 1.29 is 40.9 Å². The molecule has 1 saturated carbocycles. The number of benzene rings is 1. The SMILES string of the molecule is COc1cc2c(cc1OC)C13CCN4CC5=CCOC6CC(=O)N2C1C6C5CC43.O.O.O.O. The lowest BCUT2D eigenvalue weighted by atomic mass is 9.53. The summed E-state index contributed by atoms with van der Waals surface area (Å²) in [5.74, 6) is 2.57. The van der Waals surface area contributed by atoms with Crippen LogP contribution in [0.2, 0.25) is 0 Å². The molecule has 6 aliphatic rings. The molecule has 1 spiro atoms. The fraction of sp³-hybridized carbons (Fsp3) is 0.609. The van der Waals surface area contributed by atoms with Gasteiger partial charge in [-0.1, -0.05) is 11.6 Å². The third kappa shape index (κ3) is 2.73. The molecular formula is C23H34N2O8. The Bertz CT molecular complexity index is 983. The van der Waals surface area contributed by atoms with Crippen LogP contribution in [0.1, 0.15) is 24.8 Å². The Labute approximate surface area is 192 Å². The van der Waals surface area contributed by atoms with E-state index in [0.29, 0.717) is 36.7 Å². The molecule has 1 amide bonds. The largest absolute Gasteiger partial charge is 0.493 e. The maximum atomic E-state index is 13.5. The van der Waals surface area contributed by atoms with Gasteiger partial charge >= 0.3 is 0 Å². The number of carbonyl (C=O) groups is 1. The Balaban J connectivity index is 0.000000766. The summed E-state index contributed by atoms with van der Waals surface area (Å²) >= 11 is 0. The summed E-state index contributed by atoms with van der Waals surface area (Å²) in [6.45, 7) is 2.80. The summed E-state index contributed by atoms with van der Waals surface area (Å²) in [6, 6.07) is 4.87. The quantitative estimate of drug-likeness (QED) is 0.497. The summed E-state index contributed by atoms with van der Waals surface area (Å²) in [4.78, 5) is 18.3. The van der Waals surface area contributed by atoms with Crippen LogP contribution in [0.25, 0.3) is 0 Å². The van der Waals surface area contributed by atoms with Gasteiger partial charge < -0.3 is 41.0 Å². The molecule has 3 saturated heterocycles. The van der Waals surface area contributed by atoms with Crippen molar-refractivity contribution >= 4 is 11.6 Å². The average molecular weight is 467 g/mol. The fourth-order valence-electron chi connectivity index (χ4n) is 7.87. The molecule has 1 aliphatic carbocycles. The Kier molecular flexibility index (Phi) is 6.33. The number of rotatable bonds is 2. The molecule has 5 heterocycles. The van der Waals surface area contributed by atoms with Gasteiger partial charge in [0.1, 0.15) is 0 Å². The van der Waals surface area contributed by atoms with Gasteiger partial charge in [0.05, 0.1) is 45.1 Å². The van der Waals surface area contributed by atoms with Gasteiger partial charge in [0.2, 0.25) is 5.91 Å². The van der Waals surface area contributed by atoms with Crippen LogP contribution in [-0.2, 0) is 14.9 Å². The number of amides is 1. The van der Waals surface area contributed by atoms with Crippen molar-refractivity contribution in [1.82, 2.24) is 4.90 Å². The lowest BCUT2D eigenvalue weighted by Crippen LogP contribution is -2.69. The van der Waals surface area contributed by atoms with Gasteiger partial charge in [-0.2, -0.15) is 0 Å². The number of hydrogen-bond acceptors (Lipinski definition) is 5. The maximum Gasteiger partial charge on any atom is 0.229 e. The number of ether oxygens (including phenoxy) is 3. The molecule has 0 aromatic heterocycles. The Morgan fingerprint density at radius 1 is 1.09 bits per heavy atom. The van der Waals surface area contributed by atoms with Crippen LogP contribution >= 0.6 is 0 Å². The van der Waals surface area contributed by atoms with Crippen LogP contribution in [0.15, 0.2) is 23.8 Å². The van der Waals surface area contributed by atoms with Crippen molar-refractivity contribution in [3.8, 4) is 11.5 Å². The van der Waals surface area contributed by atoms with Gasteiger partial charge in [-0.05, 0) is 36.9 Å². The first-order valence-electron chi connectivity index (χ1n) is 10.8. The minimum atomic E-state index is -0.0242. The molecule has 7 rings (SSSR count). The monoisotopic (exact) mass is 466 g/mol. The third-order valence-electron chi connectivity index (χ3n) is 8.81. The lowest BCUT2D eigenvalue weighted by molar-refractivity contribution is -0.132. The summed E-state index contributed by atoms with van der Waals surface area (Å²) in [5, 5.41) is 0. The van der Waals surface area contributed by atoms with E-state index in [2.05, 4.69) is 21.9 Å². The number of hydrogen-bond donors (Lipinski definition) is 0. The van der Waals surface area contributed by atoms with Gasteiger partial charge in [-0.25, -0.2) is 0 Å². The second-order valence-corrected chi connectivity index (χ2v) is 9.48. The predicted molar refractivity (Wildman–Crippen MR) is 121 cm³/mol. The molecule has 8 N–H and O–H groups in total. The lowest BCUT2D eigenvalue weighted by Gasteiger charge is -2.58. The van der Waals surface area contributed by atoms with Crippen molar-refractivity contribution in [2.24, 2.45) is 11.8 Å². The van der Waals surface area contributed by atoms with Crippen LogP contribution in [0, 0.1) is 11.8 Å². The number of methoxy groups -OCH3 is 2. The highest BCUT2D eigenvalue weighted by atomic mass is 16.5. The first-order chi connectivity index (χ1) is 14.2. The number of carbonyl (C=O) groups excluding carboxylic acids is 1. The zero-order valence-electron chi connectivity index (χ0n) is 18.9. The van der Waals surface area contributed by atoms with E-state index in [-0.39, 0.29) is 45.4 Å². The smallest absolute Gasteiger partial charge is 0.229 e. The zero-order valence-corrected chi connectivity index (χ0v) is 18.9. The van der Waals surface area contributed by atoms with Crippen LogP contribution < -0.4 is 14.4 Å². The van der Waals surface area contributed by atoms with Crippen molar-refractivity contribution in [1.29, 1.82) is 0 Å². The normalized spacial score (nSPS) is 36.1. The van der Waals surface area contributed by atoms with Crippen LogP contribution in [-0.4, -0.2) is 84.8 Å². The molecular weight excluding hydrogens is 432 g/mol. The van der Waals surface area contributed by atoms with Crippen molar-refractivity contribution in [3.63, 3.8) is 0 Å². The fourth-order valence-corrected chi connectivity index (χ4v) is 7.87. The van der Waals surface area contributed by atoms with Crippen molar-refractivity contribution in [3.05, 3.63) is 29.3 Å². The number of fused-ring (bicyclic) bond motifs is 2. The highest BCUT2D eigenvalue weighted by molar-refractivity contribution is 5.99. The van der Waals surface area contributed by atoms with Gasteiger partial charge in [0, 0.05) is 30.0 Å². The molecule has 1 aromatic carbocycles. The average Bonchev–Trinajstić information content (AvgIpc) is 3.20. The summed E-state index contributed by atoms with van der Waals surface area (Å²) in [5.41, 5.74) is 3.85. The van der Waals surface area contributed by atoms with E-state index in [1.165, 1.54) is 12.0 Å². The van der Waals surface area contributed by atoms with E-state index >= 15 is 0 Å². The van der Waals surface area contributed by atoms with E-state index in [9.17, 15) is 4.79 Å². The molecule has 4 fully saturated rings. The van der Waals surface area contributed by atoms with E-state index in [0.717, 1.165) is 30.9 Å². The molecule has 5 aliphatic heterocycles. The maximum absolute atomic E-state index is 13.5. The Morgan fingerprint density at radius 3 is 2.55 bits per heavy atom. The molecule has 6 unspecified atom stereocenters. The van der Waals surface area contributed by atoms with Crippen LogP contribution in [0.5, 0.6) is 11.5 Å². The van der Waals surface area contributed by atoms with E-state index < -0.39 is 0 Å². The number of nitrogens with zero attached hydrogens (tertiary/aromatic N) is 2. The molecule has 10 heteroatoms. The first-order valence-corrected chi connectivity index (χ1v) is 10.8. The second kappa shape index (κ2) is 8.23. The summed E-state index contributed by atoms with van der Waals surface area (Å²) < 4.78 is 17.6. The minimum Gasteiger partial charge on any atom is -0.493 e. The van der Waals surface area contributed by atoms with Crippen molar-refractivity contribution in [2.45, 2.75) is 42.9 Å². The number of piperidine rings is 2. The highest BCUT2D eigenvalue weighted by Crippen LogP contribution is 2.66. The topological polar surface area (TPSA) is 177 Å². The molecule has 2 bridgehead atoms. The van der Waals surface area contributed by atoms with E-state index in [1.807, 2.05) is 6.07 Å². The van der Waals surface area contributed by atoms with Crippen LogP contribution in [0.3, 0.4) is 0 Å². The Hall–Kier alpha value is -2.21. The zero-order chi connectivity index (χ0) is 19.5. The molecule has 1 aromatic rings. The van der Waals surface area contributed by atoms with Crippen molar-refractivity contribution in [2.75, 3.05) is 38.8 Å². The van der Waals surface area contributed by atoms with Gasteiger partial charge in [-0.3, -0.25) is 9.69 Å². The predicted octanol–water partition coefficient (Wildman–Crippen LogP) is -1.19.